The topological polar surface area (TPSA) is 55.3 Å². The Hall–Kier alpha value is -2.34. The van der Waals surface area contributed by atoms with Gasteiger partial charge >= 0.3 is 6.03 Å². The lowest BCUT2D eigenvalue weighted by Gasteiger charge is -2.13. The molecule has 1 atom stereocenters. The zero-order chi connectivity index (χ0) is 15.4. The van der Waals surface area contributed by atoms with Crippen LogP contribution in [0.2, 0.25) is 0 Å². The van der Waals surface area contributed by atoms with E-state index in [1.165, 1.54) is 6.07 Å². The molecule has 2 heterocycles. The molecule has 0 saturated carbocycles. The van der Waals surface area contributed by atoms with Gasteiger partial charge in [0.25, 0.3) is 0 Å². The van der Waals surface area contributed by atoms with Crippen LogP contribution < -0.4 is 10.6 Å². The summed E-state index contributed by atoms with van der Waals surface area (Å²) in [6.07, 6.45) is 5.73. The van der Waals surface area contributed by atoms with Crippen LogP contribution in [-0.4, -0.2) is 29.9 Å². The second-order valence-electron chi connectivity index (χ2n) is 5.22. The molecule has 1 aliphatic rings. The van der Waals surface area contributed by atoms with Crippen LogP contribution in [0.5, 0.6) is 0 Å². The van der Waals surface area contributed by atoms with Crippen LogP contribution in [0, 0.1) is 5.82 Å². The molecule has 1 aliphatic heterocycles. The Morgan fingerprint density at radius 3 is 2.91 bits per heavy atom. The van der Waals surface area contributed by atoms with Crippen molar-refractivity contribution in [3.8, 4) is 5.69 Å². The van der Waals surface area contributed by atoms with Crippen molar-refractivity contribution in [1.82, 2.24) is 9.88 Å². The summed E-state index contributed by atoms with van der Waals surface area (Å²) < 4.78 is 21.1. The fourth-order valence-corrected chi connectivity index (χ4v) is 2.45. The van der Waals surface area contributed by atoms with Crippen molar-refractivity contribution >= 4 is 11.7 Å². The molecule has 6 heteroatoms. The number of urea groups is 1. The molecule has 2 N–H and O–H groups in total. The van der Waals surface area contributed by atoms with Gasteiger partial charge < -0.3 is 19.9 Å². The number of nitrogens with zero attached hydrogens (tertiary/aromatic N) is 1. The number of ether oxygens (including phenoxy) is 1. The second kappa shape index (κ2) is 6.62. The molecule has 5 nitrogen and oxygen atoms in total. The minimum atomic E-state index is -0.469. The Kier molecular flexibility index (Phi) is 4.39. The molecule has 2 amide bonds. The highest BCUT2D eigenvalue weighted by Crippen LogP contribution is 2.19. The van der Waals surface area contributed by atoms with Crippen molar-refractivity contribution in [1.29, 1.82) is 0 Å². The fraction of sp³-hybridized carbons (Fsp3) is 0.312. The largest absolute Gasteiger partial charge is 0.376 e. The standard InChI is InChI=1S/C16H18FN3O2/c17-14-6-5-12(20-7-1-2-8-20)10-15(14)19-16(21)18-11-13-4-3-9-22-13/h1-2,5-8,10,13H,3-4,9,11H2,(H2,18,19,21)/t13-/m1/s1. The molecule has 1 saturated heterocycles. The molecule has 22 heavy (non-hydrogen) atoms. The molecule has 0 radical (unpaired) electrons. The van der Waals surface area contributed by atoms with E-state index < -0.39 is 11.8 Å². The molecule has 0 bridgehead atoms. The van der Waals surface area contributed by atoms with Gasteiger partial charge in [0, 0.05) is 31.2 Å². The predicted molar refractivity (Wildman–Crippen MR) is 81.7 cm³/mol. The number of carbonyl (C=O) groups excluding carboxylic acids is 1. The van der Waals surface area contributed by atoms with E-state index in [2.05, 4.69) is 10.6 Å². The number of hydrogen-bond acceptors (Lipinski definition) is 2. The van der Waals surface area contributed by atoms with E-state index in [0.717, 1.165) is 25.1 Å². The lowest BCUT2D eigenvalue weighted by Crippen LogP contribution is -2.35. The van der Waals surface area contributed by atoms with Gasteiger partial charge in [-0.15, -0.1) is 0 Å². The first-order valence-corrected chi connectivity index (χ1v) is 7.32. The Labute approximate surface area is 128 Å². The maximum Gasteiger partial charge on any atom is 0.319 e. The van der Waals surface area contributed by atoms with Crippen LogP contribution in [0.4, 0.5) is 14.9 Å². The minimum absolute atomic E-state index is 0.0572. The molecule has 0 spiro atoms. The molecule has 1 aromatic carbocycles. The summed E-state index contributed by atoms with van der Waals surface area (Å²) in [6.45, 7) is 1.17. The number of carbonyl (C=O) groups is 1. The van der Waals surface area contributed by atoms with E-state index in [1.807, 2.05) is 29.1 Å². The molecule has 116 valence electrons. The molecular weight excluding hydrogens is 285 g/mol. The number of benzene rings is 1. The van der Waals surface area contributed by atoms with Crippen LogP contribution in [0.25, 0.3) is 5.69 Å². The summed E-state index contributed by atoms with van der Waals surface area (Å²) in [5.41, 5.74) is 0.928. The van der Waals surface area contributed by atoms with Crippen LogP contribution in [0.3, 0.4) is 0 Å². The molecule has 0 unspecified atom stereocenters. The second-order valence-corrected chi connectivity index (χ2v) is 5.22. The summed E-state index contributed by atoms with van der Waals surface area (Å²) in [4.78, 5) is 11.9. The van der Waals surface area contributed by atoms with Gasteiger partial charge in [0.2, 0.25) is 0 Å². The van der Waals surface area contributed by atoms with Gasteiger partial charge in [-0.05, 0) is 43.2 Å². The number of amides is 2. The van der Waals surface area contributed by atoms with Gasteiger partial charge in [-0.3, -0.25) is 0 Å². The maximum absolute atomic E-state index is 13.8. The van der Waals surface area contributed by atoms with Crippen LogP contribution in [-0.2, 0) is 4.74 Å². The zero-order valence-electron chi connectivity index (χ0n) is 12.1. The molecule has 1 aromatic heterocycles. The fourth-order valence-electron chi connectivity index (χ4n) is 2.45. The van der Waals surface area contributed by atoms with E-state index in [-0.39, 0.29) is 11.8 Å². The molecule has 1 fully saturated rings. The summed E-state index contributed by atoms with van der Waals surface area (Å²) in [6, 6.07) is 7.92. The lowest BCUT2D eigenvalue weighted by atomic mass is 10.2. The first-order chi connectivity index (χ1) is 10.7. The normalized spacial score (nSPS) is 17.4. The summed E-state index contributed by atoms with van der Waals surface area (Å²) in [7, 11) is 0. The van der Waals surface area contributed by atoms with Gasteiger partial charge in [0.05, 0.1) is 11.8 Å². The highest BCUT2D eigenvalue weighted by molar-refractivity contribution is 5.89. The third-order valence-corrected chi connectivity index (χ3v) is 3.62. The van der Waals surface area contributed by atoms with E-state index in [1.54, 1.807) is 12.1 Å². The minimum Gasteiger partial charge on any atom is -0.376 e. The highest BCUT2D eigenvalue weighted by atomic mass is 19.1. The van der Waals surface area contributed by atoms with E-state index >= 15 is 0 Å². The van der Waals surface area contributed by atoms with Crippen molar-refractivity contribution in [2.75, 3.05) is 18.5 Å². The van der Waals surface area contributed by atoms with Gasteiger partial charge in [-0.1, -0.05) is 0 Å². The Bertz CT molecular complexity index is 637. The van der Waals surface area contributed by atoms with Gasteiger partial charge in [-0.2, -0.15) is 0 Å². The van der Waals surface area contributed by atoms with Gasteiger partial charge in [0.1, 0.15) is 5.82 Å². The smallest absolute Gasteiger partial charge is 0.319 e. The number of hydrogen-bond donors (Lipinski definition) is 2. The third-order valence-electron chi connectivity index (χ3n) is 3.62. The predicted octanol–water partition coefficient (Wildman–Crippen LogP) is 2.92. The highest BCUT2D eigenvalue weighted by Gasteiger charge is 2.16. The first-order valence-electron chi connectivity index (χ1n) is 7.32. The number of anilines is 1. The number of rotatable bonds is 4. The van der Waals surface area contributed by atoms with E-state index in [9.17, 15) is 9.18 Å². The van der Waals surface area contributed by atoms with Gasteiger partial charge in [-0.25, -0.2) is 9.18 Å². The van der Waals surface area contributed by atoms with Crippen LogP contribution >= 0.6 is 0 Å². The lowest BCUT2D eigenvalue weighted by molar-refractivity contribution is 0.112. The van der Waals surface area contributed by atoms with Crippen LogP contribution in [0.15, 0.2) is 42.7 Å². The van der Waals surface area contributed by atoms with Crippen molar-refractivity contribution in [2.24, 2.45) is 0 Å². The van der Waals surface area contributed by atoms with Crippen molar-refractivity contribution in [2.45, 2.75) is 18.9 Å². The van der Waals surface area contributed by atoms with Crippen molar-refractivity contribution < 1.29 is 13.9 Å². The summed E-state index contributed by atoms with van der Waals surface area (Å²) in [5, 5.41) is 5.25. The summed E-state index contributed by atoms with van der Waals surface area (Å²) in [5.74, 6) is -0.469. The molecule has 3 rings (SSSR count). The Balaban J connectivity index is 1.63. The summed E-state index contributed by atoms with van der Waals surface area (Å²) >= 11 is 0. The molecule has 0 aliphatic carbocycles. The number of nitrogens with one attached hydrogen (secondary N) is 2. The molecular formula is C16H18FN3O2. The van der Waals surface area contributed by atoms with Crippen molar-refractivity contribution in [3.05, 3.63) is 48.5 Å². The average Bonchev–Trinajstić information content (AvgIpc) is 3.21. The SMILES string of the molecule is O=C(NC[C@H]1CCCO1)Nc1cc(-n2cccc2)ccc1F. The van der Waals surface area contributed by atoms with Gasteiger partial charge in [0.15, 0.2) is 0 Å². The monoisotopic (exact) mass is 303 g/mol. The van der Waals surface area contributed by atoms with Crippen LogP contribution in [0.1, 0.15) is 12.8 Å². The van der Waals surface area contributed by atoms with Crippen molar-refractivity contribution in [3.63, 3.8) is 0 Å². The Morgan fingerprint density at radius 1 is 1.36 bits per heavy atom. The quantitative estimate of drug-likeness (QED) is 0.912. The third kappa shape index (κ3) is 3.46. The Morgan fingerprint density at radius 2 is 2.18 bits per heavy atom. The zero-order valence-corrected chi connectivity index (χ0v) is 12.1. The molecule has 2 aromatic rings. The maximum atomic E-state index is 13.8. The first kappa shape index (κ1) is 14.6. The van der Waals surface area contributed by atoms with E-state index in [0.29, 0.717) is 6.54 Å². The average molecular weight is 303 g/mol. The number of halogens is 1. The number of aromatic nitrogens is 1. The van der Waals surface area contributed by atoms with E-state index in [4.69, 9.17) is 4.74 Å².